The van der Waals surface area contributed by atoms with Gasteiger partial charge in [0.15, 0.2) is 0 Å². The maximum atomic E-state index is 13.4. The normalized spacial score (nSPS) is 12.1. The summed E-state index contributed by atoms with van der Waals surface area (Å²) in [6, 6.07) is 3.71. The van der Waals surface area contributed by atoms with Gasteiger partial charge in [0, 0.05) is 18.1 Å². The first-order valence-electron chi connectivity index (χ1n) is 4.42. The van der Waals surface area contributed by atoms with E-state index in [2.05, 4.69) is 15.9 Å². The molecular weight excluding hydrogens is 301 g/mol. The number of benzene rings is 1. The predicted molar refractivity (Wildman–Crippen MR) is 61.0 cm³/mol. The second-order valence-electron chi connectivity index (χ2n) is 3.12. The lowest BCUT2D eigenvalue weighted by molar-refractivity contribution is 0.266. The summed E-state index contributed by atoms with van der Waals surface area (Å²) in [5, 5.41) is 8.65. The smallest absolute Gasteiger partial charge is 0.245 e. The third-order valence-corrected chi connectivity index (χ3v) is 4.38. The highest BCUT2D eigenvalue weighted by Gasteiger charge is 2.23. The average Bonchev–Trinajstić information content (AvgIpc) is 2.17. The number of sulfonamides is 1. The largest absolute Gasteiger partial charge is 0.395 e. The highest BCUT2D eigenvalue weighted by Crippen LogP contribution is 2.21. The molecule has 4 nitrogen and oxygen atoms in total. The summed E-state index contributed by atoms with van der Waals surface area (Å²) in [7, 11) is -2.59. The van der Waals surface area contributed by atoms with E-state index >= 15 is 0 Å². The zero-order chi connectivity index (χ0) is 12.3. The average molecular weight is 312 g/mol. The minimum Gasteiger partial charge on any atom is -0.395 e. The van der Waals surface area contributed by atoms with Crippen LogP contribution in [0.1, 0.15) is 0 Å². The number of hydrogen-bond donors (Lipinski definition) is 1. The molecule has 0 spiro atoms. The lowest BCUT2D eigenvalue weighted by atomic mass is 10.3. The van der Waals surface area contributed by atoms with Crippen LogP contribution in [0.4, 0.5) is 4.39 Å². The van der Waals surface area contributed by atoms with Crippen molar-refractivity contribution in [3.63, 3.8) is 0 Å². The zero-order valence-electron chi connectivity index (χ0n) is 8.52. The molecule has 0 unspecified atom stereocenters. The second kappa shape index (κ2) is 5.22. The van der Waals surface area contributed by atoms with Gasteiger partial charge in [-0.2, -0.15) is 4.31 Å². The van der Waals surface area contributed by atoms with Crippen molar-refractivity contribution in [3.05, 3.63) is 28.5 Å². The molecule has 7 heteroatoms. The predicted octanol–water partition coefficient (Wildman–Crippen LogP) is 1.20. The molecule has 0 saturated carbocycles. The van der Waals surface area contributed by atoms with Crippen molar-refractivity contribution in [2.24, 2.45) is 0 Å². The number of hydrogen-bond acceptors (Lipinski definition) is 3. The Morgan fingerprint density at radius 1 is 1.50 bits per heavy atom. The Morgan fingerprint density at radius 3 is 2.62 bits per heavy atom. The van der Waals surface area contributed by atoms with E-state index in [4.69, 9.17) is 5.11 Å². The molecule has 0 fully saturated rings. The molecule has 0 aromatic heterocycles. The van der Waals surface area contributed by atoms with Crippen molar-refractivity contribution in [3.8, 4) is 0 Å². The Morgan fingerprint density at radius 2 is 2.12 bits per heavy atom. The first kappa shape index (κ1) is 13.6. The minimum absolute atomic E-state index is 0.0716. The molecule has 1 aromatic carbocycles. The lowest BCUT2D eigenvalue weighted by Crippen LogP contribution is -2.30. The van der Waals surface area contributed by atoms with E-state index in [1.807, 2.05) is 0 Å². The van der Waals surface area contributed by atoms with Crippen molar-refractivity contribution in [2.45, 2.75) is 4.90 Å². The first-order chi connectivity index (χ1) is 7.39. The summed E-state index contributed by atoms with van der Waals surface area (Å²) in [4.78, 5) is -0.397. The van der Waals surface area contributed by atoms with Crippen molar-refractivity contribution < 1.29 is 17.9 Å². The Kier molecular flexibility index (Phi) is 4.43. The van der Waals surface area contributed by atoms with E-state index in [1.54, 1.807) is 0 Å². The first-order valence-corrected chi connectivity index (χ1v) is 6.65. The van der Waals surface area contributed by atoms with Crippen LogP contribution in [0.25, 0.3) is 0 Å². The fourth-order valence-corrected chi connectivity index (χ4v) is 2.65. The molecule has 16 heavy (non-hydrogen) atoms. The standard InChI is InChI=1S/C9H11BrFNO3S/c1-12(4-5-13)16(14,15)9-3-2-7(10)6-8(9)11/h2-3,6,13H,4-5H2,1H3. The number of aliphatic hydroxyl groups is 1. The lowest BCUT2D eigenvalue weighted by Gasteiger charge is -2.16. The molecule has 0 aliphatic rings. The SMILES string of the molecule is CN(CCO)S(=O)(=O)c1ccc(Br)cc1F. The highest BCUT2D eigenvalue weighted by molar-refractivity contribution is 9.10. The Bertz CT molecular complexity index is 478. The topological polar surface area (TPSA) is 57.6 Å². The van der Waals surface area contributed by atoms with Crippen molar-refractivity contribution in [2.75, 3.05) is 20.2 Å². The molecule has 0 bridgehead atoms. The van der Waals surface area contributed by atoms with Gasteiger partial charge >= 0.3 is 0 Å². The van der Waals surface area contributed by atoms with Gasteiger partial charge in [-0.25, -0.2) is 12.8 Å². The monoisotopic (exact) mass is 311 g/mol. The van der Waals surface area contributed by atoms with Gasteiger partial charge in [0.25, 0.3) is 0 Å². The Hall–Kier alpha value is -0.500. The summed E-state index contributed by atoms with van der Waals surface area (Å²) in [6.45, 7) is -0.383. The minimum atomic E-state index is -3.87. The number of likely N-dealkylation sites (N-methyl/N-ethyl adjacent to an activating group) is 1. The third-order valence-electron chi connectivity index (χ3n) is 2.00. The van der Waals surface area contributed by atoms with E-state index in [0.717, 1.165) is 10.4 Å². The molecule has 0 radical (unpaired) electrons. The summed E-state index contributed by atoms with van der Waals surface area (Å²) in [5.74, 6) is -0.820. The number of rotatable bonds is 4. The van der Waals surface area contributed by atoms with E-state index in [0.29, 0.717) is 4.47 Å². The molecule has 1 rings (SSSR count). The van der Waals surface area contributed by atoms with Crippen LogP contribution in [0.2, 0.25) is 0 Å². The van der Waals surface area contributed by atoms with Crippen LogP contribution in [0, 0.1) is 5.82 Å². The van der Waals surface area contributed by atoms with Gasteiger partial charge in [-0.15, -0.1) is 0 Å². The van der Waals surface area contributed by atoms with Gasteiger partial charge in [0.2, 0.25) is 10.0 Å². The van der Waals surface area contributed by atoms with Crippen molar-refractivity contribution in [1.29, 1.82) is 0 Å². The molecule has 0 heterocycles. The summed E-state index contributed by atoms with van der Waals surface area (Å²) in [5.41, 5.74) is 0. The van der Waals surface area contributed by atoms with Gasteiger partial charge in [0.1, 0.15) is 10.7 Å². The van der Waals surface area contributed by atoms with Crippen LogP contribution in [0.15, 0.2) is 27.6 Å². The fraction of sp³-hybridized carbons (Fsp3) is 0.333. The van der Waals surface area contributed by atoms with Gasteiger partial charge in [0.05, 0.1) is 6.61 Å². The third kappa shape index (κ3) is 2.79. The molecule has 0 aliphatic heterocycles. The van der Waals surface area contributed by atoms with Gasteiger partial charge in [-0.1, -0.05) is 15.9 Å². The van der Waals surface area contributed by atoms with Crippen molar-refractivity contribution in [1.82, 2.24) is 4.31 Å². The van der Waals surface area contributed by atoms with Crippen LogP contribution < -0.4 is 0 Å². The number of nitrogens with zero attached hydrogens (tertiary/aromatic N) is 1. The Balaban J connectivity index is 3.17. The summed E-state index contributed by atoms with van der Waals surface area (Å²) >= 11 is 3.04. The van der Waals surface area contributed by atoms with Crippen LogP contribution in [0.5, 0.6) is 0 Å². The molecule has 0 saturated heterocycles. The van der Waals surface area contributed by atoms with E-state index in [1.165, 1.54) is 19.2 Å². The van der Waals surface area contributed by atoms with Crippen LogP contribution in [-0.2, 0) is 10.0 Å². The van der Waals surface area contributed by atoms with Gasteiger partial charge < -0.3 is 5.11 Å². The molecule has 0 amide bonds. The molecule has 1 N–H and O–H groups in total. The molecular formula is C9H11BrFNO3S. The summed E-state index contributed by atoms with van der Waals surface area (Å²) in [6.07, 6.45) is 0. The van der Waals surface area contributed by atoms with Crippen LogP contribution in [-0.4, -0.2) is 38.0 Å². The fourth-order valence-electron chi connectivity index (χ4n) is 1.11. The zero-order valence-corrected chi connectivity index (χ0v) is 10.9. The van der Waals surface area contributed by atoms with Crippen LogP contribution >= 0.6 is 15.9 Å². The van der Waals surface area contributed by atoms with E-state index in [9.17, 15) is 12.8 Å². The maximum Gasteiger partial charge on any atom is 0.245 e. The van der Waals surface area contributed by atoms with E-state index in [-0.39, 0.29) is 13.2 Å². The van der Waals surface area contributed by atoms with E-state index < -0.39 is 20.7 Å². The number of aliphatic hydroxyl groups excluding tert-OH is 1. The molecule has 0 atom stereocenters. The molecule has 90 valence electrons. The van der Waals surface area contributed by atoms with Crippen LogP contribution in [0.3, 0.4) is 0 Å². The number of halogens is 2. The Labute approximate surface area is 102 Å². The van der Waals surface area contributed by atoms with Crippen molar-refractivity contribution >= 4 is 26.0 Å². The van der Waals surface area contributed by atoms with Gasteiger partial charge in [-0.05, 0) is 18.2 Å². The quantitative estimate of drug-likeness (QED) is 0.909. The van der Waals surface area contributed by atoms with Gasteiger partial charge in [-0.3, -0.25) is 0 Å². The molecule has 0 aliphatic carbocycles. The highest BCUT2D eigenvalue weighted by atomic mass is 79.9. The summed E-state index contributed by atoms with van der Waals surface area (Å²) < 4.78 is 38.4. The molecule has 1 aromatic rings. The second-order valence-corrected chi connectivity index (χ2v) is 6.05. The maximum absolute atomic E-state index is 13.4.